The Kier molecular flexibility index (Phi) is 8.33. The molecule has 2 rings (SSSR count). The lowest BCUT2D eigenvalue weighted by molar-refractivity contribution is -0.384. The van der Waals surface area contributed by atoms with Crippen LogP contribution in [0.4, 0.5) is 16.2 Å². The maximum atomic E-state index is 12.3. The number of hydrogen-bond acceptors (Lipinski definition) is 7. The lowest BCUT2D eigenvalue weighted by Crippen LogP contribution is -2.41. The molecule has 2 N–H and O–H groups in total. The van der Waals surface area contributed by atoms with E-state index in [0.717, 1.165) is 31.7 Å². The predicted molar refractivity (Wildman–Crippen MR) is 110 cm³/mol. The number of nitrogens with one attached hydrogen (secondary N) is 2. The van der Waals surface area contributed by atoms with Crippen molar-refractivity contribution in [1.82, 2.24) is 10.6 Å². The Morgan fingerprint density at radius 2 is 2.00 bits per heavy atom. The highest BCUT2D eigenvalue weighted by Crippen LogP contribution is 2.25. The van der Waals surface area contributed by atoms with Gasteiger partial charge in [0, 0.05) is 32.8 Å². The van der Waals surface area contributed by atoms with Crippen molar-refractivity contribution >= 4 is 29.3 Å². The second-order valence-corrected chi connectivity index (χ2v) is 7.09. The maximum absolute atomic E-state index is 12.3. The number of anilines is 1. The van der Waals surface area contributed by atoms with Crippen molar-refractivity contribution < 1.29 is 24.0 Å². The molecule has 0 fully saturated rings. The molecule has 1 aliphatic carbocycles. The molecule has 30 heavy (non-hydrogen) atoms. The number of amides is 3. The maximum Gasteiger partial charge on any atom is 0.341 e. The lowest BCUT2D eigenvalue weighted by Gasteiger charge is -2.16. The zero-order chi connectivity index (χ0) is 22.1. The number of esters is 1. The highest BCUT2D eigenvalue weighted by atomic mass is 16.6. The van der Waals surface area contributed by atoms with Gasteiger partial charge in [-0.3, -0.25) is 20.2 Å². The minimum atomic E-state index is -0.901. The van der Waals surface area contributed by atoms with Crippen LogP contribution in [0.25, 0.3) is 0 Å². The van der Waals surface area contributed by atoms with E-state index in [1.807, 2.05) is 0 Å². The Morgan fingerprint density at radius 1 is 1.23 bits per heavy atom. The normalized spacial score (nSPS) is 13.1. The van der Waals surface area contributed by atoms with E-state index >= 15 is 0 Å². The third-order valence-corrected chi connectivity index (χ3v) is 4.60. The smallest absolute Gasteiger partial charge is 0.341 e. The molecule has 0 saturated heterocycles. The number of urea groups is 1. The van der Waals surface area contributed by atoms with Crippen LogP contribution in [0.3, 0.4) is 0 Å². The largest absolute Gasteiger partial charge is 0.452 e. The molecule has 1 aromatic carbocycles. The van der Waals surface area contributed by atoms with E-state index in [1.165, 1.54) is 24.1 Å². The van der Waals surface area contributed by atoms with Gasteiger partial charge in [-0.05, 0) is 38.2 Å². The van der Waals surface area contributed by atoms with E-state index in [-0.39, 0.29) is 11.3 Å². The molecule has 162 valence electrons. The first-order valence-corrected chi connectivity index (χ1v) is 9.66. The molecule has 0 spiro atoms. The zero-order valence-electron chi connectivity index (χ0n) is 17.1. The van der Waals surface area contributed by atoms with Crippen molar-refractivity contribution in [2.75, 3.05) is 32.1 Å². The number of rotatable bonds is 8. The van der Waals surface area contributed by atoms with Gasteiger partial charge in [0.15, 0.2) is 6.61 Å². The van der Waals surface area contributed by atoms with E-state index in [2.05, 4.69) is 16.7 Å². The molecule has 0 unspecified atom stereocenters. The quantitative estimate of drug-likeness (QED) is 0.287. The molecular formula is C20H26N4O6. The third kappa shape index (κ3) is 6.87. The number of nitrogens with zero attached hydrogens (tertiary/aromatic N) is 2. The summed E-state index contributed by atoms with van der Waals surface area (Å²) in [4.78, 5) is 47.9. The summed E-state index contributed by atoms with van der Waals surface area (Å²) >= 11 is 0. The Balaban J connectivity index is 1.83. The molecule has 1 aromatic rings. The van der Waals surface area contributed by atoms with E-state index in [4.69, 9.17) is 4.74 Å². The lowest BCUT2D eigenvalue weighted by atomic mass is 9.97. The van der Waals surface area contributed by atoms with Gasteiger partial charge in [0.05, 0.1) is 16.2 Å². The van der Waals surface area contributed by atoms with Crippen LogP contribution < -0.4 is 15.5 Å². The van der Waals surface area contributed by atoms with Crippen LogP contribution in [0.1, 0.15) is 42.5 Å². The minimum Gasteiger partial charge on any atom is -0.452 e. The van der Waals surface area contributed by atoms with Gasteiger partial charge < -0.3 is 15.0 Å². The molecule has 3 amide bonds. The Bertz CT molecular complexity index is 850. The topological polar surface area (TPSA) is 131 Å². The van der Waals surface area contributed by atoms with Gasteiger partial charge in [-0.25, -0.2) is 9.59 Å². The van der Waals surface area contributed by atoms with Crippen molar-refractivity contribution in [2.24, 2.45) is 0 Å². The molecule has 1 aliphatic rings. The fraction of sp³-hybridized carbons (Fsp3) is 0.450. The van der Waals surface area contributed by atoms with Crippen LogP contribution in [-0.2, 0) is 9.53 Å². The second kappa shape index (κ2) is 10.9. The molecule has 0 aliphatic heterocycles. The number of imide groups is 1. The molecule has 0 bridgehead atoms. The third-order valence-electron chi connectivity index (χ3n) is 4.60. The fourth-order valence-corrected chi connectivity index (χ4v) is 3.08. The SMILES string of the molecule is CN(C)c1ccc([N+](=O)[O-])cc1C(=O)OCC(=O)NC(=O)NCCC1=CCCCC1. The van der Waals surface area contributed by atoms with E-state index in [1.54, 1.807) is 19.0 Å². The van der Waals surface area contributed by atoms with Gasteiger partial charge in [0.1, 0.15) is 0 Å². The number of carbonyl (C=O) groups is 3. The number of allylic oxidation sites excluding steroid dienone is 1. The Hall–Kier alpha value is -3.43. The van der Waals surface area contributed by atoms with E-state index < -0.39 is 29.4 Å². The molecule has 0 atom stereocenters. The van der Waals surface area contributed by atoms with E-state index in [9.17, 15) is 24.5 Å². The predicted octanol–water partition coefficient (Wildman–Crippen LogP) is 2.53. The molecular weight excluding hydrogens is 392 g/mol. The van der Waals surface area contributed by atoms with Crippen LogP contribution in [0, 0.1) is 10.1 Å². The average molecular weight is 418 g/mol. The van der Waals surface area contributed by atoms with Crippen molar-refractivity contribution in [3.05, 3.63) is 45.5 Å². The summed E-state index contributed by atoms with van der Waals surface area (Å²) in [5.74, 6) is -1.70. The number of hydrogen-bond donors (Lipinski definition) is 2. The average Bonchev–Trinajstić information content (AvgIpc) is 2.72. The minimum absolute atomic E-state index is 0.0489. The molecule has 10 nitrogen and oxygen atoms in total. The highest BCUT2D eigenvalue weighted by Gasteiger charge is 2.20. The van der Waals surface area contributed by atoms with Gasteiger partial charge in [0.2, 0.25) is 0 Å². The molecule has 0 aromatic heterocycles. The summed E-state index contributed by atoms with van der Waals surface area (Å²) in [5, 5.41) is 15.6. The van der Waals surface area contributed by atoms with Crippen molar-refractivity contribution in [3.8, 4) is 0 Å². The summed E-state index contributed by atoms with van der Waals surface area (Å²) in [6, 6.07) is 3.11. The van der Waals surface area contributed by atoms with Crippen LogP contribution in [-0.4, -0.2) is 50.1 Å². The Morgan fingerprint density at radius 3 is 2.63 bits per heavy atom. The zero-order valence-corrected chi connectivity index (χ0v) is 17.1. The number of benzene rings is 1. The molecule has 0 saturated carbocycles. The molecule has 0 radical (unpaired) electrons. The summed E-state index contributed by atoms with van der Waals surface area (Å²) in [7, 11) is 3.33. The van der Waals surface area contributed by atoms with Crippen molar-refractivity contribution in [2.45, 2.75) is 32.1 Å². The summed E-state index contributed by atoms with van der Waals surface area (Å²) in [5.41, 5.74) is 1.38. The van der Waals surface area contributed by atoms with Gasteiger partial charge in [-0.1, -0.05) is 11.6 Å². The van der Waals surface area contributed by atoms with Crippen molar-refractivity contribution in [1.29, 1.82) is 0 Å². The van der Waals surface area contributed by atoms with Crippen LogP contribution in [0.2, 0.25) is 0 Å². The summed E-state index contributed by atoms with van der Waals surface area (Å²) < 4.78 is 4.93. The van der Waals surface area contributed by atoms with Crippen LogP contribution in [0.5, 0.6) is 0 Å². The monoisotopic (exact) mass is 418 g/mol. The van der Waals surface area contributed by atoms with Crippen molar-refractivity contribution in [3.63, 3.8) is 0 Å². The standard InChI is InChI=1S/C20H26N4O6/c1-23(2)17-9-8-15(24(28)29)12-16(17)19(26)30-13-18(25)22-20(27)21-11-10-14-6-4-3-5-7-14/h6,8-9,12H,3-5,7,10-11,13H2,1-2H3,(H2,21,22,25,27). The molecule has 10 heteroatoms. The Labute approximate surface area is 174 Å². The van der Waals surface area contributed by atoms with Gasteiger partial charge >= 0.3 is 12.0 Å². The summed E-state index contributed by atoms with van der Waals surface area (Å²) in [6.07, 6.45) is 7.36. The van der Waals surface area contributed by atoms with Gasteiger partial charge in [0.25, 0.3) is 11.6 Å². The summed E-state index contributed by atoms with van der Waals surface area (Å²) in [6.45, 7) is -0.280. The second-order valence-electron chi connectivity index (χ2n) is 7.09. The first kappa shape index (κ1) is 22.9. The number of nitro groups is 1. The number of nitro benzene ring substituents is 1. The van der Waals surface area contributed by atoms with Crippen LogP contribution in [0.15, 0.2) is 29.8 Å². The first-order chi connectivity index (χ1) is 14.3. The number of carbonyl (C=O) groups excluding carboxylic acids is 3. The first-order valence-electron chi connectivity index (χ1n) is 9.66. The van der Waals surface area contributed by atoms with Gasteiger partial charge in [-0.15, -0.1) is 0 Å². The number of ether oxygens (including phenoxy) is 1. The number of non-ortho nitro benzene ring substituents is 1. The molecule has 0 heterocycles. The van der Waals surface area contributed by atoms with E-state index in [0.29, 0.717) is 12.2 Å². The fourth-order valence-electron chi connectivity index (χ4n) is 3.08. The highest BCUT2D eigenvalue weighted by molar-refractivity contribution is 5.99. The van der Waals surface area contributed by atoms with Crippen LogP contribution >= 0.6 is 0 Å². The van der Waals surface area contributed by atoms with Gasteiger partial charge in [-0.2, -0.15) is 0 Å².